The zero-order valence-corrected chi connectivity index (χ0v) is 16.3. The summed E-state index contributed by atoms with van der Waals surface area (Å²) in [5, 5.41) is 0. The molecule has 0 heterocycles. The van der Waals surface area contributed by atoms with Gasteiger partial charge in [-0.3, -0.25) is 0 Å². The Hall–Kier alpha value is -1.89. The molecule has 2 aromatic rings. The van der Waals surface area contributed by atoms with Gasteiger partial charge in [0.15, 0.2) is 0 Å². The monoisotopic (exact) mass is 387 g/mol. The molecule has 2 aliphatic carbocycles. The van der Waals surface area contributed by atoms with Crippen molar-refractivity contribution in [2.75, 3.05) is 20.3 Å². The second-order valence-electron chi connectivity index (χ2n) is 7.13. The molecule has 2 aliphatic rings. The molecule has 0 aliphatic heterocycles. The van der Waals surface area contributed by atoms with Crippen molar-refractivity contribution in [3.05, 3.63) is 59.7 Å². The standard InChI is InChI=1S/C21H25NO4S/c1-25-14-15-26-18-9-11-19(12-10-18)27(23,24)22(17-7-8-17)21-13-6-16-4-2-3-5-20(16)21/h2-5,9-12,17,21H,6-8,13-15H2,1H3. The minimum absolute atomic E-state index is 0.0590. The number of sulfonamides is 1. The number of fused-ring (bicyclic) bond motifs is 1. The van der Waals surface area contributed by atoms with Crippen LogP contribution in [-0.2, 0) is 21.2 Å². The van der Waals surface area contributed by atoms with Crippen molar-refractivity contribution in [3.8, 4) is 5.75 Å². The van der Waals surface area contributed by atoms with E-state index in [4.69, 9.17) is 9.47 Å². The molecule has 0 radical (unpaired) electrons. The summed E-state index contributed by atoms with van der Waals surface area (Å²) in [7, 11) is -1.94. The normalized spacial score (nSPS) is 19.3. The number of benzene rings is 2. The highest BCUT2D eigenvalue weighted by atomic mass is 32.2. The highest BCUT2D eigenvalue weighted by Crippen LogP contribution is 2.44. The molecule has 27 heavy (non-hydrogen) atoms. The topological polar surface area (TPSA) is 55.8 Å². The molecule has 0 aromatic heterocycles. The molecular formula is C21H25NO4S. The lowest BCUT2D eigenvalue weighted by Crippen LogP contribution is -2.36. The number of aryl methyl sites for hydroxylation is 1. The summed E-state index contributed by atoms with van der Waals surface area (Å²) in [6, 6.07) is 15.0. The van der Waals surface area contributed by atoms with Crippen molar-refractivity contribution >= 4 is 10.0 Å². The van der Waals surface area contributed by atoms with E-state index in [0.29, 0.717) is 23.9 Å². The first kappa shape index (κ1) is 18.5. The van der Waals surface area contributed by atoms with Crippen LogP contribution in [0.2, 0.25) is 0 Å². The Bertz CT molecular complexity index is 891. The summed E-state index contributed by atoms with van der Waals surface area (Å²) in [5.74, 6) is 0.648. The summed E-state index contributed by atoms with van der Waals surface area (Å²) in [4.78, 5) is 0.331. The summed E-state index contributed by atoms with van der Waals surface area (Å²) in [5.41, 5.74) is 2.43. The van der Waals surface area contributed by atoms with Crippen LogP contribution in [0, 0.1) is 0 Å². The van der Waals surface area contributed by atoms with Gasteiger partial charge in [0.2, 0.25) is 10.0 Å². The van der Waals surface area contributed by atoms with Crippen molar-refractivity contribution in [3.63, 3.8) is 0 Å². The maximum absolute atomic E-state index is 13.4. The second-order valence-corrected chi connectivity index (χ2v) is 8.98. The maximum atomic E-state index is 13.4. The molecule has 1 atom stereocenters. The second kappa shape index (κ2) is 7.62. The van der Waals surface area contributed by atoms with Crippen LogP contribution in [0.15, 0.2) is 53.4 Å². The Morgan fingerprint density at radius 2 is 1.74 bits per heavy atom. The Balaban J connectivity index is 1.59. The number of methoxy groups -OCH3 is 1. The van der Waals surface area contributed by atoms with Gasteiger partial charge in [-0.2, -0.15) is 4.31 Å². The van der Waals surface area contributed by atoms with Gasteiger partial charge in [-0.15, -0.1) is 0 Å². The van der Waals surface area contributed by atoms with Crippen molar-refractivity contribution in [1.82, 2.24) is 4.31 Å². The molecule has 0 spiro atoms. The van der Waals surface area contributed by atoms with Crippen LogP contribution in [-0.4, -0.2) is 39.1 Å². The van der Waals surface area contributed by atoms with E-state index in [1.54, 1.807) is 35.7 Å². The zero-order valence-electron chi connectivity index (χ0n) is 15.5. The van der Waals surface area contributed by atoms with E-state index < -0.39 is 10.0 Å². The number of hydrogen-bond donors (Lipinski definition) is 0. The highest BCUT2D eigenvalue weighted by molar-refractivity contribution is 7.89. The van der Waals surface area contributed by atoms with Gasteiger partial charge in [0.05, 0.1) is 17.5 Å². The Morgan fingerprint density at radius 3 is 2.44 bits per heavy atom. The van der Waals surface area contributed by atoms with Crippen molar-refractivity contribution < 1.29 is 17.9 Å². The van der Waals surface area contributed by atoms with Gasteiger partial charge < -0.3 is 9.47 Å². The summed E-state index contributed by atoms with van der Waals surface area (Å²) in [6.45, 7) is 0.937. The van der Waals surface area contributed by atoms with E-state index in [0.717, 1.165) is 31.2 Å². The van der Waals surface area contributed by atoms with Crippen LogP contribution < -0.4 is 4.74 Å². The summed E-state index contributed by atoms with van der Waals surface area (Å²) in [6.07, 6.45) is 3.67. The van der Waals surface area contributed by atoms with E-state index in [2.05, 4.69) is 12.1 Å². The average Bonchev–Trinajstić information content (AvgIpc) is 3.42. The third kappa shape index (κ3) is 3.74. The van der Waals surface area contributed by atoms with Gasteiger partial charge in [0.1, 0.15) is 12.4 Å². The smallest absolute Gasteiger partial charge is 0.243 e. The molecule has 1 fully saturated rings. The lowest BCUT2D eigenvalue weighted by atomic mass is 10.1. The molecule has 6 heteroatoms. The van der Waals surface area contributed by atoms with Gasteiger partial charge in [-0.05, 0) is 61.1 Å². The predicted octanol–water partition coefficient (Wildman–Crippen LogP) is 3.55. The lowest BCUT2D eigenvalue weighted by molar-refractivity contribution is 0.146. The highest BCUT2D eigenvalue weighted by Gasteiger charge is 2.44. The fourth-order valence-electron chi connectivity index (χ4n) is 3.82. The van der Waals surface area contributed by atoms with Crippen molar-refractivity contribution in [2.24, 2.45) is 0 Å². The van der Waals surface area contributed by atoms with Crippen LogP contribution in [0.25, 0.3) is 0 Å². The molecule has 0 saturated heterocycles. The largest absolute Gasteiger partial charge is 0.491 e. The maximum Gasteiger partial charge on any atom is 0.243 e. The Morgan fingerprint density at radius 1 is 1.00 bits per heavy atom. The molecule has 4 rings (SSSR count). The molecular weight excluding hydrogens is 362 g/mol. The van der Waals surface area contributed by atoms with Crippen LogP contribution in [0.5, 0.6) is 5.75 Å². The SMILES string of the molecule is COCCOc1ccc(S(=O)(=O)N(C2CC2)C2CCc3ccccc32)cc1. The van der Waals surface area contributed by atoms with Crippen molar-refractivity contribution in [2.45, 2.75) is 42.7 Å². The third-order valence-corrected chi connectivity index (χ3v) is 7.25. The predicted molar refractivity (Wildman–Crippen MR) is 103 cm³/mol. The number of ether oxygens (including phenoxy) is 2. The van der Waals surface area contributed by atoms with E-state index in [1.165, 1.54) is 5.56 Å². The Kier molecular flexibility index (Phi) is 5.21. The molecule has 0 bridgehead atoms. The van der Waals surface area contributed by atoms with Gasteiger partial charge in [-0.25, -0.2) is 8.42 Å². The molecule has 2 aromatic carbocycles. The van der Waals surface area contributed by atoms with E-state index in [-0.39, 0.29) is 12.1 Å². The lowest BCUT2D eigenvalue weighted by Gasteiger charge is -2.29. The van der Waals surface area contributed by atoms with E-state index >= 15 is 0 Å². The van der Waals surface area contributed by atoms with E-state index in [9.17, 15) is 8.42 Å². The van der Waals surface area contributed by atoms with Crippen LogP contribution >= 0.6 is 0 Å². The van der Waals surface area contributed by atoms with Gasteiger partial charge in [-0.1, -0.05) is 24.3 Å². The quantitative estimate of drug-likeness (QED) is 0.650. The average molecular weight is 388 g/mol. The van der Waals surface area contributed by atoms with Gasteiger partial charge >= 0.3 is 0 Å². The van der Waals surface area contributed by atoms with Gasteiger partial charge in [0.25, 0.3) is 0 Å². The van der Waals surface area contributed by atoms with Crippen LogP contribution in [0.4, 0.5) is 0 Å². The molecule has 5 nitrogen and oxygen atoms in total. The van der Waals surface area contributed by atoms with Crippen molar-refractivity contribution in [1.29, 1.82) is 0 Å². The van der Waals surface area contributed by atoms with Gasteiger partial charge in [0, 0.05) is 13.2 Å². The number of nitrogens with zero attached hydrogens (tertiary/aromatic N) is 1. The van der Waals surface area contributed by atoms with Crippen LogP contribution in [0.1, 0.15) is 36.4 Å². The molecule has 0 amide bonds. The summed E-state index contributed by atoms with van der Waals surface area (Å²) >= 11 is 0. The first-order chi connectivity index (χ1) is 13.1. The minimum atomic E-state index is -3.55. The molecule has 144 valence electrons. The number of rotatable bonds is 8. The first-order valence-electron chi connectivity index (χ1n) is 9.44. The zero-order chi connectivity index (χ0) is 18.9. The summed E-state index contributed by atoms with van der Waals surface area (Å²) < 4.78 is 39.2. The first-order valence-corrected chi connectivity index (χ1v) is 10.9. The molecule has 1 saturated carbocycles. The van der Waals surface area contributed by atoms with Crippen LogP contribution in [0.3, 0.4) is 0 Å². The minimum Gasteiger partial charge on any atom is -0.491 e. The molecule has 1 unspecified atom stereocenters. The number of hydrogen-bond acceptors (Lipinski definition) is 4. The fraction of sp³-hybridized carbons (Fsp3) is 0.429. The Labute approximate surface area is 161 Å². The fourth-order valence-corrected chi connectivity index (χ4v) is 5.70. The van der Waals surface area contributed by atoms with E-state index in [1.807, 2.05) is 12.1 Å². The third-order valence-electron chi connectivity index (χ3n) is 5.27. The molecule has 0 N–H and O–H groups in total.